The van der Waals surface area contributed by atoms with Gasteiger partial charge in [0.05, 0.1) is 13.2 Å². The van der Waals surface area contributed by atoms with Gasteiger partial charge < -0.3 is 15.2 Å². The first-order chi connectivity index (χ1) is 8.27. The molecule has 0 radical (unpaired) electrons. The molecule has 0 aliphatic heterocycles. The fraction of sp³-hybridized carbons (Fsp3) is 0.923. The Bertz CT molecular complexity index is 221. The van der Waals surface area contributed by atoms with E-state index in [0.717, 1.165) is 32.2 Å². The topological polar surface area (TPSA) is 58.6 Å². The van der Waals surface area contributed by atoms with Gasteiger partial charge in [-0.25, -0.2) is 0 Å². The third-order valence-corrected chi connectivity index (χ3v) is 3.49. The van der Waals surface area contributed by atoms with E-state index in [4.69, 9.17) is 9.84 Å². The first-order valence-electron chi connectivity index (χ1n) is 6.75. The zero-order valence-electron chi connectivity index (χ0n) is 10.8. The third kappa shape index (κ3) is 5.50. The van der Waals surface area contributed by atoms with Gasteiger partial charge in [0.2, 0.25) is 0 Å². The highest BCUT2D eigenvalue weighted by molar-refractivity contribution is 5.71. The number of carbonyl (C=O) groups is 1. The summed E-state index contributed by atoms with van der Waals surface area (Å²) in [5, 5.41) is 12.3. The lowest BCUT2D eigenvalue weighted by atomic mass is 9.97. The molecule has 1 fully saturated rings. The molecule has 4 nitrogen and oxygen atoms in total. The first kappa shape index (κ1) is 14.5. The number of unbranched alkanes of at least 4 members (excludes halogenated alkanes) is 1. The second-order valence-electron chi connectivity index (χ2n) is 4.84. The highest BCUT2D eigenvalue weighted by atomic mass is 16.5. The summed E-state index contributed by atoms with van der Waals surface area (Å²) in [4.78, 5) is 11.3. The molecule has 2 unspecified atom stereocenters. The van der Waals surface area contributed by atoms with E-state index in [9.17, 15) is 4.79 Å². The quantitative estimate of drug-likeness (QED) is 0.499. The standard InChI is InChI=1S/C13H25NO3/c1-2-3-7-17-13(16)9-14-8-11-5-4-6-12(11)10-15/h11-12,14-15H,2-10H2,1H3. The fourth-order valence-corrected chi connectivity index (χ4v) is 2.36. The van der Waals surface area contributed by atoms with Crippen molar-refractivity contribution in [2.75, 3.05) is 26.3 Å². The summed E-state index contributed by atoms with van der Waals surface area (Å²) in [7, 11) is 0. The number of hydrogen-bond donors (Lipinski definition) is 2. The maximum atomic E-state index is 11.3. The van der Waals surface area contributed by atoms with Gasteiger partial charge in [-0.1, -0.05) is 19.8 Å². The van der Waals surface area contributed by atoms with Crippen molar-refractivity contribution >= 4 is 5.97 Å². The zero-order chi connectivity index (χ0) is 12.5. The van der Waals surface area contributed by atoms with Gasteiger partial charge in [-0.3, -0.25) is 4.79 Å². The van der Waals surface area contributed by atoms with Crippen LogP contribution in [0.2, 0.25) is 0 Å². The molecule has 0 aromatic heterocycles. The number of esters is 1. The van der Waals surface area contributed by atoms with Crippen LogP contribution in [0.15, 0.2) is 0 Å². The molecule has 1 aliphatic rings. The van der Waals surface area contributed by atoms with Crippen LogP contribution in [-0.4, -0.2) is 37.4 Å². The number of carbonyl (C=O) groups excluding carboxylic acids is 1. The van der Waals surface area contributed by atoms with Crippen LogP contribution < -0.4 is 5.32 Å². The van der Waals surface area contributed by atoms with Gasteiger partial charge in [0, 0.05) is 6.61 Å². The highest BCUT2D eigenvalue weighted by Gasteiger charge is 2.26. The van der Waals surface area contributed by atoms with Crippen LogP contribution in [0.1, 0.15) is 39.0 Å². The minimum absolute atomic E-state index is 0.169. The number of ether oxygens (including phenoxy) is 1. The van der Waals surface area contributed by atoms with Gasteiger partial charge in [-0.15, -0.1) is 0 Å². The Morgan fingerprint density at radius 3 is 2.88 bits per heavy atom. The normalized spacial score (nSPS) is 23.9. The van der Waals surface area contributed by atoms with E-state index >= 15 is 0 Å². The lowest BCUT2D eigenvalue weighted by Gasteiger charge is -2.17. The van der Waals surface area contributed by atoms with E-state index in [1.807, 2.05) is 0 Å². The Kier molecular flexibility index (Phi) is 7.21. The molecule has 0 aromatic rings. The summed E-state index contributed by atoms with van der Waals surface area (Å²) >= 11 is 0. The molecule has 100 valence electrons. The van der Waals surface area contributed by atoms with Crippen LogP contribution in [-0.2, 0) is 9.53 Å². The predicted octanol–water partition coefficient (Wildman–Crippen LogP) is 1.33. The van der Waals surface area contributed by atoms with E-state index in [2.05, 4.69) is 12.2 Å². The van der Waals surface area contributed by atoms with E-state index in [1.54, 1.807) is 0 Å². The third-order valence-electron chi connectivity index (χ3n) is 3.49. The molecular weight excluding hydrogens is 218 g/mol. The maximum Gasteiger partial charge on any atom is 0.319 e. The molecule has 4 heteroatoms. The summed E-state index contributed by atoms with van der Waals surface area (Å²) in [6, 6.07) is 0. The summed E-state index contributed by atoms with van der Waals surface area (Å²) in [6.45, 7) is 3.97. The second kappa shape index (κ2) is 8.48. The van der Waals surface area contributed by atoms with Gasteiger partial charge in [0.1, 0.15) is 0 Å². The van der Waals surface area contributed by atoms with Crippen LogP contribution in [0.4, 0.5) is 0 Å². The summed E-state index contributed by atoms with van der Waals surface area (Å²) in [6.07, 6.45) is 5.44. The van der Waals surface area contributed by atoms with E-state index in [0.29, 0.717) is 25.0 Å². The monoisotopic (exact) mass is 243 g/mol. The number of rotatable bonds is 8. The van der Waals surface area contributed by atoms with E-state index in [-0.39, 0.29) is 12.6 Å². The lowest BCUT2D eigenvalue weighted by Crippen LogP contribution is -2.31. The molecule has 2 atom stereocenters. The second-order valence-corrected chi connectivity index (χ2v) is 4.84. The fourth-order valence-electron chi connectivity index (χ4n) is 2.36. The molecule has 0 bridgehead atoms. The van der Waals surface area contributed by atoms with Crippen LogP contribution in [0, 0.1) is 11.8 Å². The van der Waals surface area contributed by atoms with Crippen LogP contribution in [0.5, 0.6) is 0 Å². The van der Waals surface area contributed by atoms with E-state index in [1.165, 1.54) is 6.42 Å². The number of nitrogens with one attached hydrogen (secondary N) is 1. The Morgan fingerprint density at radius 1 is 1.41 bits per heavy atom. The average molecular weight is 243 g/mol. The molecule has 2 N–H and O–H groups in total. The minimum atomic E-state index is -0.169. The van der Waals surface area contributed by atoms with Crippen LogP contribution in [0.25, 0.3) is 0 Å². The van der Waals surface area contributed by atoms with Crippen molar-refractivity contribution in [1.29, 1.82) is 0 Å². The van der Waals surface area contributed by atoms with Gasteiger partial charge in [-0.2, -0.15) is 0 Å². The van der Waals surface area contributed by atoms with Crippen molar-refractivity contribution in [1.82, 2.24) is 5.32 Å². The van der Waals surface area contributed by atoms with Gasteiger partial charge in [0.15, 0.2) is 0 Å². The molecule has 0 heterocycles. The predicted molar refractivity (Wildman–Crippen MR) is 66.7 cm³/mol. The summed E-state index contributed by atoms with van der Waals surface area (Å²) in [5.41, 5.74) is 0. The maximum absolute atomic E-state index is 11.3. The molecule has 0 spiro atoms. The van der Waals surface area contributed by atoms with Crippen molar-refractivity contribution in [2.24, 2.45) is 11.8 Å². The molecule has 1 saturated carbocycles. The first-order valence-corrected chi connectivity index (χ1v) is 6.75. The molecule has 0 amide bonds. The highest BCUT2D eigenvalue weighted by Crippen LogP contribution is 2.30. The van der Waals surface area contributed by atoms with Crippen LogP contribution >= 0.6 is 0 Å². The SMILES string of the molecule is CCCCOC(=O)CNCC1CCCC1CO. The van der Waals surface area contributed by atoms with Crippen molar-refractivity contribution in [3.63, 3.8) is 0 Å². The number of aliphatic hydroxyl groups is 1. The Morgan fingerprint density at radius 2 is 2.18 bits per heavy atom. The molecule has 0 saturated heterocycles. The van der Waals surface area contributed by atoms with Gasteiger partial charge in [0.25, 0.3) is 0 Å². The van der Waals surface area contributed by atoms with Crippen molar-refractivity contribution in [3.05, 3.63) is 0 Å². The summed E-state index contributed by atoms with van der Waals surface area (Å²) < 4.78 is 5.05. The molecule has 17 heavy (non-hydrogen) atoms. The summed E-state index contributed by atoms with van der Waals surface area (Å²) in [5.74, 6) is 0.763. The Hall–Kier alpha value is -0.610. The molecule has 0 aromatic carbocycles. The zero-order valence-corrected chi connectivity index (χ0v) is 10.8. The van der Waals surface area contributed by atoms with Gasteiger partial charge >= 0.3 is 5.97 Å². The number of hydrogen-bond acceptors (Lipinski definition) is 4. The minimum Gasteiger partial charge on any atom is -0.465 e. The smallest absolute Gasteiger partial charge is 0.319 e. The van der Waals surface area contributed by atoms with E-state index < -0.39 is 0 Å². The lowest BCUT2D eigenvalue weighted by molar-refractivity contribution is -0.142. The molecular formula is C13H25NO3. The van der Waals surface area contributed by atoms with Crippen molar-refractivity contribution in [3.8, 4) is 0 Å². The Labute approximate surface area is 104 Å². The molecule has 1 aliphatic carbocycles. The van der Waals surface area contributed by atoms with Crippen molar-refractivity contribution < 1.29 is 14.6 Å². The number of aliphatic hydroxyl groups excluding tert-OH is 1. The van der Waals surface area contributed by atoms with Crippen LogP contribution in [0.3, 0.4) is 0 Å². The largest absolute Gasteiger partial charge is 0.465 e. The van der Waals surface area contributed by atoms with Crippen molar-refractivity contribution in [2.45, 2.75) is 39.0 Å². The Balaban J connectivity index is 2.04. The average Bonchev–Trinajstić information content (AvgIpc) is 2.77. The molecule has 1 rings (SSSR count). The van der Waals surface area contributed by atoms with Gasteiger partial charge in [-0.05, 0) is 37.6 Å².